The largest absolute Gasteiger partial charge is 0.376 e. The molecule has 0 saturated carbocycles. The Morgan fingerprint density at radius 2 is 2.39 bits per heavy atom. The lowest BCUT2D eigenvalue weighted by Crippen LogP contribution is -2.35. The standard InChI is InChI=1S/C12H14ClFN2O2/c13-8-3-4-11(10(14)6-8)16-12(17)15-7-9-2-1-5-18-9/h3-4,6,9H,1-2,5,7H2,(H2,15,16,17). The summed E-state index contributed by atoms with van der Waals surface area (Å²) in [5.74, 6) is -0.560. The Labute approximate surface area is 109 Å². The molecule has 18 heavy (non-hydrogen) atoms. The number of benzene rings is 1. The minimum Gasteiger partial charge on any atom is -0.376 e. The number of hydrogen-bond donors (Lipinski definition) is 2. The van der Waals surface area contributed by atoms with Crippen LogP contribution in [-0.4, -0.2) is 25.3 Å². The molecule has 1 saturated heterocycles. The summed E-state index contributed by atoms with van der Waals surface area (Å²) in [5.41, 5.74) is 0.101. The lowest BCUT2D eigenvalue weighted by atomic mass is 10.2. The van der Waals surface area contributed by atoms with Crippen molar-refractivity contribution in [3.63, 3.8) is 0 Å². The molecule has 0 aromatic heterocycles. The number of urea groups is 1. The highest BCUT2D eigenvalue weighted by molar-refractivity contribution is 6.30. The van der Waals surface area contributed by atoms with E-state index in [-0.39, 0.29) is 16.8 Å². The van der Waals surface area contributed by atoms with Crippen molar-refractivity contribution in [1.29, 1.82) is 0 Å². The fourth-order valence-electron chi connectivity index (χ4n) is 1.77. The summed E-state index contributed by atoms with van der Waals surface area (Å²) in [6.45, 7) is 1.17. The zero-order valence-corrected chi connectivity index (χ0v) is 10.5. The van der Waals surface area contributed by atoms with Crippen molar-refractivity contribution in [1.82, 2.24) is 5.32 Å². The van der Waals surface area contributed by atoms with Gasteiger partial charge < -0.3 is 15.4 Å². The van der Waals surface area contributed by atoms with Gasteiger partial charge in [-0.15, -0.1) is 0 Å². The van der Waals surface area contributed by atoms with E-state index >= 15 is 0 Å². The Morgan fingerprint density at radius 1 is 1.56 bits per heavy atom. The first-order chi connectivity index (χ1) is 8.65. The summed E-state index contributed by atoms with van der Waals surface area (Å²) < 4.78 is 18.8. The molecule has 0 bridgehead atoms. The number of carbonyl (C=O) groups is 1. The molecule has 0 radical (unpaired) electrons. The molecule has 1 atom stereocenters. The minimum atomic E-state index is -0.560. The van der Waals surface area contributed by atoms with Gasteiger partial charge in [-0.3, -0.25) is 0 Å². The maximum absolute atomic E-state index is 13.4. The van der Waals surface area contributed by atoms with Crippen LogP contribution in [0.4, 0.5) is 14.9 Å². The quantitative estimate of drug-likeness (QED) is 0.889. The van der Waals surface area contributed by atoms with Crippen molar-refractivity contribution in [2.24, 2.45) is 0 Å². The smallest absolute Gasteiger partial charge is 0.319 e. The van der Waals surface area contributed by atoms with Crippen molar-refractivity contribution < 1.29 is 13.9 Å². The zero-order chi connectivity index (χ0) is 13.0. The van der Waals surface area contributed by atoms with Crippen LogP contribution in [0.15, 0.2) is 18.2 Å². The monoisotopic (exact) mass is 272 g/mol. The van der Waals surface area contributed by atoms with Crippen molar-refractivity contribution in [3.05, 3.63) is 29.0 Å². The van der Waals surface area contributed by atoms with Crippen LogP contribution in [0.25, 0.3) is 0 Å². The summed E-state index contributed by atoms with van der Waals surface area (Å²) >= 11 is 5.62. The molecule has 0 spiro atoms. The van der Waals surface area contributed by atoms with Gasteiger partial charge in [0, 0.05) is 18.2 Å². The molecule has 2 rings (SSSR count). The van der Waals surface area contributed by atoms with Crippen LogP contribution >= 0.6 is 11.6 Å². The molecule has 4 nitrogen and oxygen atoms in total. The van der Waals surface area contributed by atoms with E-state index < -0.39 is 11.8 Å². The van der Waals surface area contributed by atoms with Crippen molar-refractivity contribution >= 4 is 23.3 Å². The second-order valence-corrected chi connectivity index (χ2v) is 4.53. The lowest BCUT2D eigenvalue weighted by Gasteiger charge is -2.12. The molecule has 1 fully saturated rings. The van der Waals surface area contributed by atoms with Gasteiger partial charge in [-0.1, -0.05) is 11.6 Å². The van der Waals surface area contributed by atoms with E-state index in [1.165, 1.54) is 12.1 Å². The molecule has 2 amide bonds. The molecule has 1 heterocycles. The van der Waals surface area contributed by atoms with Gasteiger partial charge in [0.15, 0.2) is 0 Å². The molecule has 1 aromatic carbocycles. The van der Waals surface area contributed by atoms with Gasteiger partial charge in [0.25, 0.3) is 0 Å². The second-order valence-electron chi connectivity index (χ2n) is 4.09. The molecule has 1 aromatic rings. The molecule has 1 aliphatic heterocycles. The Morgan fingerprint density at radius 3 is 3.06 bits per heavy atom. The van der Waals surface area contributed by atoms with Crippen LogP contribution in [0.3, 0.4) is 0 Å². The zero-order valence-electron chi connectivity index (χ0n) is 9.71. The van der Waals surface area contributed by atoms with Crippen molar-refractivity contribution in [2.45, 2.75) is 18.9 Å². The number of ether oxygens (including phenoxy) is 1. The van der Waals surface area contributed by atoms with E-state index in [1.807, 2.05) is 0 Å². The third-order valence-electron chi connectivity index (χ3n) is 2.69. The summed E-state index contributed by atoms with van der Waals surface area (Å²) in [6, 6.07) is 3.63. The average Bonchev–Trinajstić information content (AvgIpc) is 2.83. The summed E-state index contributed by atoms with van der Waals surface area (Å²) in [7, 11) is 0. The molecule has 2 N–H and O–H groups in total. The van der Waals surface area contributed by atoms with E-state index in [9.17, 15) is 9.18 Å². The highest BCUT2D eigenvalue weighted by atomic mass is 35.5. The first-order valence-corrected chi connectivity index (χ1v) is 6.14. The SMILES string of the molecule is O=C(NCC1CCCO1)Nc1ccc(Cl)cc1F. The van der Waals surface area contributed by atoms with E-state index in [1.54, 1.807) is 0 Å². The third-order valence-corrected chi connectivity index (χ3v) is 2.93. The van der Waals surface area contributed by atoms with Crippen LogP contribution in [0.2, 0.25) is 5.02 Å². The minimum absolute atomic E-state index is 0.0609. The molecule has 1 unspecified atom stereocenters. The second kappa shape index (κ2) is 6.02. The first kappa shape index (κ1) is 13.1. The van der Waals surface area contributed by atoms with Gasteiger partial charge >= 0.3 is 6.03 Å². The van der Waals surface area contributed by atoms with E-state index in [0.29, 0.717) is 6.54 Å². The van der Waals surface area contributed by atoms with Gasteiger partial charge in [-0.05, 0) is 31.0 Å². The molecular formula is C12H14ClFN2O2. The van der Waals surface area contributed by atoms with Crippen LogP contribution in [0.5, 0.6) is 0 Å². The van der Waals surface area contributed by atoms with Crippen LogP contribution in [0.1, 0.15) is 12.8 Å². The summed E-state index contributed by atoms with van der Waals surface area (Å²) in [4.78, 5) is 11.5. The van der Waals surface area contributed by atoms with Crippen molar-refractivity contribution in [3.8, 4) is 0 Å². The van der Waals surface area contributed by atoms with Crippen molar-refractivity contribution in [2.75, 3.05) is 18.5 Å². The normalized spacial score (nSPS) is 18.7. The van der Waals surface area contributed by atoms with E-state index in [2.05, 4.69) is 10.6 Å². The van der Waals surface area contributed by atoms with Gasteiger partial charge in [0.1, 0.15) is 5.82 Å². The Kier molecular flexibility index (Phi) is 4.38. The maximum atomic E-state index is 13.4. The topological polar surface area (TPSA) is 50.4 Å². The molecule has 6 heteroatoms. The number of rotatable bonds is 3. The van der Waals surface area contributed by atoms with Gasteiger partial charge in [0.05, 0.1) is 11.8 Å². The van der Waals surface area contributed by atoms with Gasteiger partial charge in [-0.25, -0.2) is 9.18 Å². The average molecular weight is 273 g/mol. The number of carbonyl (C=O) groups excluding carboxylic acids is 1. The summed E-state index contributed by atoms with van der Waals surface area (Å²) in [6.07, 6.45) is 2.01. The molecular weight excluding hydrogens is 259 g/mol. The molecule has 1 aliphatic rings. The van der Waals surface area contributed by atoms with Gasteiger partial charge in [0.2, 0.25) is 0 Å². The number of halogens is 2. The molecule has 0 aliphatic carbocycles. The number of anilines is 1. The lowest BCUT2D eigenvalue weighted by molar-refractivity contribution is 0.112. The predicted molar refractivity (Wildman–Crippen MR) is 67.4 cm³/mol. The first-order valence-electron chi connectivity index (χ1n) is 5.76. The highest BCUT2D eigenvalue weighted by Crippen LogP contribution is 2.18. The van der Waals surface area contributed by atoms with E-state index in [4.69, 9.17) is 16.3 Å². The predicted octanol–water partition coefficient (Wildman–Crippen LogP) is 2.78. The Balaban J connectivity index is 1.82. The number of hydrogen-bond acceptors (Lipinski definition) is 2. The highest BCUT2D eigenvalue weighted by Gasteiger charge is 2.16. The maximum Gasteiger partial charge on any atom is 0.319 e. The summed E-state index contributed by atoms with van der Waals surface area (Å²) in [5, 5.41) is 5.35. The Hall–Kier alpha value is -1.33. The number of nitrogens with one attached hydrogen (secondary N) is 2. The fourth-order valence-corrected chi connectivity index (χ4v) is 1.93. The van der Waals surface area contributed by atoms with Crippen LogP contribution in [0, 0.1) is 5.82 Å². The van der Waals surface area contributed by atoms with Gasteiger partial charge in [-0.2, -0.15) is 0 Å². The van der Waals surface area contributed by atoms with Crippen LogP contribution in [-0.2, 0) is 4.74 Å². The third kappa shape index (κ3) is 3.58. The van der Waals surface area contributed by atoms with Crippen LogP contribution < -0.4 is 10.6 Å². The fraction of sp³-hybridized carbons (Fsp3) is 0.417. The molecule has 98 valence electrons. The Bertz CT molecular complexity index is 436. The number of amides is 2. The van der Waals surface area contributed by atoms with E-state index in [0.717, 1.165) is 25.5 Å².